The van der Waals surface area contributed by atoms with Crippen LogP contribution >= 0.6 is 0 Å². The monoisotopic (exact) mass is 346 g/mol. The van der Waals surface area contributed by atoms with Gasteiger partial charge < -0.3 is 24.4 Å². The number of benzene rings is 2. The largest absolute Gasteiger partial charge is 0.507 e. The molecular formula is C18H18O7. The smallest absolute Gasteiger partial charge is 0.153 e. The second kappa shape index (κ2) is 9.29. The van der Waals surface area contributed by atoms with Gasteiger partial charge in [0.25, 0.3) is 0 Å². The Morgan fingerprint density at radius 1 is 0.720 bits per heavy atom. The average molecular weight is 346 g/mol. The standard InChI is InChI=1S/C18H18O7/c19-11-13-1-3-15(9-17(13)21)24-7-5-23-6-8-25-16-4-2-14(12-20)18(22)10-16/h1-4,9-12,21-22H,5-8H2. The molecule has 0 atom stereocenters. The zero-order valence-electron chi connectivity index (χ0n) is 13.4. The molecule has 0 saturated heterocycles. The van der Waals surface area contributed by atoms with E-state index in [0.717, 1.165) is 0 Å². The van der Waals surface area contributed by atoms with E-state index in [1.807, 2.05) is 0 Å². The van der Waals surface area contributed by atoms with Crippen LogP contribution in [0.15, 0.2) is 36.4 Å². The molecule has 0 aliphatic rings. The van der Waals surface area contributed by atoms with Gasteiger partial charge in [-0.05, 0) is 24.3 Å². The Kier molecular flexibility index (Phi) is 6.79. The fourth-order valence-corrected chi connectivity index (χ4v) is 1.96. The van der Waals surface area contributed by atoms with Gasteiger partial charge in [0, 0.05) is 12.1 Å². The van der Waals surface area contributed by atoms with Gasteiger partial charge in [-0.3, -0.25) is 9.59 Å². The van der Waals surface area contributed by atoms with Gasteiger partial charge >= 0.3 is 0 Å². The molecule has 0 fully saturated rings. The Morgan fingerprint density at radius 3 is 1.52 bits per heavy atom. The summed E-state index contributed by atoms with van der Waals surface area (Å²) in [4.78, 5) is 21.2. The molecule has 0 bridgehead atoms. The molecule has 2 aromatic rings. The number of hydrogen-bond acceptors (Lipinski definition) is 7. The first-order valence-corrected chi connectivity index (χ1v) is 7.53. The van der Waals surface area contributed by atoms with Crippen LogP contribution in [0, 0.1) is 0 Å². The Bertz CT molecular complexity index is 666. The molecule has 0 saturated carbocycles. The van der Waals surface area contributed by atoms with Crippen molar-refractivity contribution in [1.29, 1.82) is 0 Å². The second-order valence-electron chi connectivity index (χ2n) is 4.99. The van der Waals surface area contributed by atoms with Crippen LogP contribution in [0.5, 0.6) is 23.0 Å². The molecule has 132 valence electrons. The Morgan fingerprint density at radius 2 is 1.16 bits per heavy atom. The van der Waals surface area contributed by atoms with Crippen molar-refractivity contribution < 1.29 is 34.0 Å². The van der Waals surface area contributed by atoms with Gasteiger partial charge in [-0.2, -0.15) is 0 Å². The van der Waals surface area contributed by atoms with Crippen molar-refractivity contribution in [2.45, 2.75) is 0 Å². The summed E-state index contributed by atoms with van der Waals surface area (Å²) in [5.41, 5.74) is 0.404. The predicted octanol–water partition coefficient (Wildman–Crippen LogP) is 2.20. The Balaban J connectivity index is 1.62. The van der Waals surface area contributed by atoms with Crippen LogP contribution < -0.4 is 9.47 Å². The first-order valence-electron chi connectivity index (χ1n) is 7.53. The lowest BCUT2D eigenvalue weighted by molar-refractivity contribution is 0.0763. The number of aldehydes is 2. The highest BCUT2D eigenvalue weighted by Gasteiger charge is 2.03. The third kappa shape index (κ3) is 5.50. The normalized spacial score (nSPS) is 10.2. The van der Waals surface area contributed by atoms with Crippen LogP contribution in [-0.2, 0) is 4.74 Å². The van der Waals surface area contributed by atoms with Gasteiger partial charge in [0.1, 0.15) is 36.2 Å². The second-order valence-corrected chi connectivity index (χ2v) is 4.99. The van der Waals surface area contributed by atoms with E-state index < -0.39 is 0 Å². The molecule has 2 rings (SSSR count). The minimum atomic E-state index is -0.134. The maximum atomic E-state index is 10.6. The molecular weight excluding hydrogens is 328 g/mol. The lowest BCUT2D eigenvalue weighted by atomic mass is 10.2. The minimum Gasteiger partial charge on any atom is -0.507 e. The van der Waals surface area contributed by atoms with E-state index >= 15 is 0 Å². The highest BCUT2D eigenvalue weighted by Crippen LogP contribution is 2.23. The molecule has 0 aliphatic heterocycles. The molecule has 2 N–H and O–H groups in total. The molecule has 0 unspecified atom stereocenters. The van der Waals surface area contributed by atoms with Gasteiger partial charge in [-0.15, -0.1) is 0 Å². The van der Waals surface area contributed by atoms with Crippen LogP contribution in [0.3, 0.4) is 0 Å². The quantitative estimate of drug-likeness (QED) is 0.502. The van der Waals surface area contributed by atoms with E-state index in [9.17, 15) is 19.8 Å². The summed E-state index contributed by atoms with van der Waals surface area (Å²) >= 11 is 0. The molecule has 0 heterocycles. The van der Waals surface area contributed by atoms with Gasteiger partial charge in [-0.1, -0.05) is 0 Å². The molecule has 2 aromatic carbocycles. The molecule has 0 aromatic heterocycles. The van der Waals surface area contributed by atoms with Crippen molar-refractivity contribution >= 4 is 12.6 Å². The fraction of sp³-hybridized carbons (Fsp3) is 0.222. The van der Waals surface area contributed by atoms with E-state index in [2.05, 4.69) is 0 Å². The predicted molar refractivity (Wildman–Crippen MR) is 88.8 cm³/mol. The molecule has 7 heteroatoms. The average Bonchev–Trinajstić information content (AvgIpc) is 2.61. The van der Waals surface area contributed by atoms with Crippen molar-refractivity contribution in [3.8, 4) is 23.0 Å². The van der Waals surface area contributed by atoms with E-state index in [-0.39, 0.29) is 35.8 Å². The maximum Gasteiger partial charge on any atom is 0.153 e. The number of rotatable bonds is 10. The van der Waals surface area contributed by atoms with E-state index in [4.69, 9.17) is 14.2 Å². The van der Waals surface area contributed by atoms with Crippen LogP contribution in [0.1, 0.15) is 20.7 Å². The van der Waals surface area contributed by atoms with E-state index in [1.165, 1.54) is 24.3 Å². The molecule has 0 aliphatic carbocycles. The fourth-order valence-electron chi connectivity index (χ4n) is 1.96. The summed E-state index contributed by atoms with van der Waals surface area (Å²) in [5, 5.41) is 19.1. The highest BCUT2D eigenvalue weighted by molar-refractivity contribution is 5.79. The molecule has 0 amide bonds. The van der Waals surface area contributed by atoms with Crippen LogP contribution in [0.2, 0.25) is 0 Å². The summed E-state index contributed by atoms with van der Waals surface area (Å²) in [7, 11) is 0. The molecule has 0 spiro atoms. The summed E-state index contributed by atoms with van der Waals surface area (Å²) < 4.78 is 16.1. The highest BCUT2D eigenvalue weighted by atomic mass is 16.5. The number of phenolic OH excluding ortho intramolecular Hbond substituents is 2. The van der Waals surface area contributed by atoms with Crippen molar-refractivity contribution in [2.24, 2.45) is 0 Å². The first-order chi connectivity index (χ1) is 12.1. The first kappa shape index (κ1) is 18.3. The third-order valence-corrected chi connectivity index (χ3v) is 3.25. The van der Waals surface area contributed by atoms with Gasteiger partial charge in [0.2, 0.25) is 0 Å². The van der Waals surface area contributed by atoms with Gasteiger partial charge in [-0.25, -0.2) is 0 Å². The zero-order chi connectivity index (χ0) is 18.1. The van der Waals surface area contributed by atoms with Crippen molar-refractivity contribution in [2.75, 3.05) is 26.4 Å². The summed E-state index contributed by atoms with van der Waals surface area (Å²) in [6.07, 6.45) is 1.13. The maximum absolute atomic E-state index is 10.6. The molecule has 7 nitrogen and oxygen atoms in total. The lowest BCUT2D eigenvalue weighted by Gasteiger charge is -2.09. The number of phenols is 2. The molecule has 0 radical (unpaired) electrons. The number of hydrogen-bond donors (Lipinski definition) is 2. The van der Waals surface area contributed by atoms with Crippen LogP contribution in [0.25, 0.3) is 0 Å². The van der Waals surface area contributed by atoms with E-state index in [0.29, 0.717) is 37.3 Å². The Hall–Kier alpha value is -3.06. The topological polar surface area (TPSA) is 102 Å². The summed E-state index contributed by atoms with van der Waals surface area (Å²) in [6.45, 7) is 1.17. The summed E-state index contributed by atoms with van der Waals surface area (Å²) in [5.74, 6) is 0.610. The summed E-state index contributed by atoms with van der Waals surface area (Å²) in [6, 6.07) is 8.84. The Labute approximate surface area is 144 Å². The molecule has 25 heavy (non-hydrogen) atoms. The third-order valence-electron chi connectivity index (χ3n) is 3.25. The number of ether oxygens (including phenoxy) is 3. The zero-order valence-corrected chi connectivity index (χ0v) is 13.4. The van der Waals surface area contributed by atoms with Crippen LogP contribution in [-0.4, -0.2) is 49.2 Å². The van der Waals surface area contributed by atoms with Crippen molar-refractivity contribution in [3.05, 3.63) is 47.5 Å². The van der Waals surface area contributed by atoms with Gasteiger partial charge in [0.15, 0.2) is 12.6 Å². The SMILES string of the molecule is O=Cc1ccc(OCCOCCOc2ccc(C=O)c(O)c2)cc1O. The number of carbonyl (C=O) groups is 2. The lowest BCUT2D eigenvalue weighted by Crippen LogP contribution is -2.12. The van der Waals surface area contributed by atoms with Crippen LogP contribution in [0.4, 0.5) is 0 Å². The minimum absolute atomic E-state index is 0.134. The van der Waals surface area contributed by atoms with Crippen molar-refractivity contribution in [1.82, 2.24) is 0 Å². The number of carbonyl (C=O) groups excluding carboxylic acids is 2. The van der Waals surface area contributed by atoms with E-state index in [1.54, 1.807) is 12.1 Å². The van der Waals surface area contributed by atoms with Gasteiger partial charge in [0.05, 0.1) is 24.3 Å². The number of aromatic hydroxyl groups is 2. The van der Waals surface area contributed by atoms with Crippen molar-refractivity contribution in [3.63, 3.8) is 0 Å².